The van der Waals surface area contributed by atoms with Crippen molar-refractivity contribution >= 4 is 75.3 Å². The summed E-state index contributed by atoms with van der Waals surface area (Å²) < 4.78 is 11.9. The predicted molar refractivity (Wildman–Crippen MR) is 197 cm³/mol. The van der Waals surface area contributed by atoms with Crippen molar-refractivity contribution in [2.24, 2.45) is 0 Å². The third-order valence-electron chi connectivity index (χ3n) is 9.44. The molecule has 47 heavy (non-hydrogen) atoms. The first-order valence-corrected chi connectivity index (χ1v) is 16.5. The number of para-hydroxylation sites is 2. The van der Waals surface area contributed by atoms with Crippen LogP contribution in [0.3, 0.4) is 0 Å². The van der Waals surface area contributed by atoms with Gasteiger partial charge >= 0.3 is 0 Å². The molecule has 4 heteroatoms. The topological polar surface area (TPSA) is 41.9 Å². The fourth-order valence-corrected chi connectivity index (χ4v) is 8.43. The molecule has 0 aliphatic carbocycles. The molecule has 7 aromatic carbocycles. The van der Waals surface area contributed by atoms with Gasteiger partial charge < -0.3 is 8.98 Å². The molecule has 0 fully saturated rings. The van der Waals surface area contributed by atoms with Gasteiger partial charge in [0.15, 0.2) is 5.58 Å². The van der Waals surface area contributed by atoms with Crippen LogP contribution in [0, 0.1) is 11.3 Å². The molecule has 0 aliphatic rings. The van der Waals surface area contributed by atoms with Gasteiger partial charge in [0.25, 0.3) is 0 Å². The fraction of sp³-hybridized carbons (Fsp3) is 0. The van der Waals surface area contributed by atoms with E-state index in [1.165, 1.54) is 20.2 Å². The zero-order valence-corrected chi connectivity index (χ0v) is 25.9. The van der Waals surface area contributed by atoms with Crippen molar-refractivity contribution in [1.29, 1.82) is 5.26 Å². The minimum Gasteiger partial charge on any atom is -0.453 e. The predicted octanol–water partition coefficient (Wildman–Crippen LogP) is 12.3. The molecule has 0 N–H and O–H groups in total. The van der Waals surface area contributed by atoms with Gasteiger partial charge in [0.1, 0.15) is 5.58 Å². The van der Waals surface area contributed by atoms with E-state index in [1.807, 2.05) is 29.5 Å². The Hall–Kier alpha value is -6.15. The molecule has 0 atom stereocenters. The monoisotopic (exact) mass is 616 g/mol. The van der Waals surface area contributed by atoms with E-state index in [9.17, 15) is 5.26 Å². The molecule has 218 valence electrons. The van der Waals surface area contributed by atoms with E-state index in [-0.39, 0.29) is 0 Å². The Kier molecular flexibility index (Phi) is 5.51. The fourth-order valence-electron chi connectivity index (χ4n) is 7.34. The molecule has 0 amide bonds. The minimum absolute atomic E-state index is 0.628. The van der Waals surface area contributed by atoms with Gasteiger partial charge in [-0.3, -0.25) is 0 Å². The van der Waals surface area contributed by atoms with Gasteiger partial charge in [0.05, 0.1) is 28.4 Å². The highest BCUT2D eigenvalue weighted by Crippen LogP contribution is 2.45. The lowest BCUT2D eigenvalue weighted by atomic mass is 9.94. The molecule has 0 aliphatic heterocycles. The van der Waals surface area contributed by atoms with Crippen molar-refractivity contribution in [2.45, 2.75) is 0 Å². The van der Waals surface area contributed by atoms with Crippen LogP contribution in [0.2, 0.25) is 0 Å². The molecule has 3 heterocycles. The summed E-state index contributed by atoms with van der Waals surface area (Å²) >= 11 is 1.84. The number of nitriles is 1. The smallest absolute Gasteiger partial charge is 0.159 e. The Morgan fingerprint density at radius 1 is 0.511 bits per heavy atom. The molecular formula is C43H24N2OS. The van der Waals surface area contributed by atoms with E-state index in [0.29, 0.717) is 5.56 Å². The Bertz CT molecular complexity index is 2920. The summed E-state index contributed by atoms with van der Waals surface area (Å²) in [7, 11) is 0. The first-order chi connectivity index (χ1) is 23.3. The van der Waals surface area contributed by atoms with Gasteiger partial charge in [-0.1, -0.05) is 97.1 Å². The van der Waals surface area contributed by atoms with Crippen molar-refractivity contribution in [1.82, 2.24) is 4.57 Å². The van der Waals surface area contributed by atoms with Gasteiger partial charge in [0, 0.05) is 47.3 Å². The second-order valence-corrected chi connectivity index (χ2v) is 13.1. The average molecular weight is 617 g/mol. The van der Waals surface area contributed by atoms with Gasteiger partial charge in [-0.25, -0.2) is 0 Å². The third-order valence-corrected chi connectivity index (χ3v) is 10.6. The Morgan fingerprint density at radius 2 is 1.26 bits per heavy atom. The summed E-state index contributed by atoms with van der Waals surface area (Å²) in [5, 5.41) is 16.8. The standard InChI is InChI=1S/C43H24N2OS/c44-25-26-17-19-32-31-11-4-6-14-36(31)45(38(32)23-26)37-15-8-13-34-41-29(20-21-30(43(41)46-42(34)37)27-9-2-1-3-10-27)28-18-22-40-35(24-28)33-12-5-7-16-39(33)47-40/h1-24H. The van der Waals surface area contributed by atoms with Crippen molar-refractivity contribution in [3.05, 3.63) is 151 Å². The highest BCUT2D eigenvalue weighted by atomic mass is 32.1. The summed E-state index contributed by atoms with van der Waals surface area (Å²) in [5.74, 6) is 0. The second kappa shape index (κ2) is 9.92. The van der Waals surface area contributed by atoms with Gasteiger partial charge in [-0.15, -0.1) is 11.3 Å². The third kappa shape index (κ3) is 3.78. The minimum atomic E-state index is 0.628. The first-order valence-electron chi connectivity index (χ1n) is 15.7. The summed E-state index contributed by atoms with van der Waals surface area (Å²) in [5.41, 5.74) is 9.79. The number of hydrogen-bond donors (Lipinski definition) is 0. The maximum Gasteiger partial charge on any atom is 0.159 e. The number of nitrogens with zero attached hydrogens (tertiary/aromatic N) is 2. The average Bonchev–Trinajstić information content (AvgIpc) is 3.81. The molecular weight excluding hydrogens is 593 g/mol. The van der Waals surface area contributed by atoms with Crippen molar-refractivity contribution in [2.75, 3.05) is 0 Å². The second-order valence-electron chi connectivity index (χ2n) is 12.0. The number of aromatic nitrogens is 1. The summed E-state index contributed by atoms with van der Waals surface area (Å²) in [4.78, 5) is 0. The molecule has 0 bridgehead atoms. The summed E-state index contributed by atoms with van der Waals surface area (Å²) in [6, 6.07) is 53.5. The largest absolute Gasteiger partial charge is 0.453 e. The first kappa shape index (κ1) is 26.1. The normalized spacial score (nSPS) is 11.8. The van der Waals surface area contributed by atoms with E-state index >= 15 is 0 Å². The quantitative estimate of drug-likeness (QED) is 0.198. The molecule has 0 unspecified atom stereocenters. The van der Waals surface area contributed by atoms with Crippen molar-refractivity contribution in [3.63, 3.8) is 0 Å². The number of furan rings is 1. The number of benzene rings is 7. The SMILES string of the molecule is N#Cc1ccc2c3ccccc3n(-c3cccc4c3oc3c(-c5ccccc5)ccc(-c5ccc6sc7ccccc7c6c5)c34)c2c1. The van der Waals surface area contributed by atoms with Crippen LogP contribution in [0.25, 0.3) is 91.9 Å². The van der Waals surface area contributed by atoms with Gasteiger partial charge in [-0.05, 0) is 65.2 Å². The van der Waals surface area contributed by atoms with Crippen LogP contribution in [0.15, 0.2) is 150 Å². The molecule has 3 nitrogen and oxygen atoms in total. The zero-order valence-electron chi connectivity index (χ0n) is 25.1. The van der Waals surface area contributed by atoms with Crippen LogP contribution in [-0.2, 0) is 0 Å². The van der Waals surface area contributed by atoms with E-state index in [1.54, 1.807) is 0 Å². The number of hydrogen-bond acceptors (Lipinski definition) is 3. The lowest BCUT2D eigenvalue weighted by Gasteiger charge is -2.09. The highest BCUT2D eigenvalue weighted by Gasteiger charge is 2.22. The van der Waals surface area contributed by atoms with E-state index in [0.717, 1.165) is 71.7 Å². The molecule has 0 spiro atoms. The van der Waals surface area contributed by atoms with Crippen LogP contribution in [0.1, 0.15) is 5.56 Å². The lowest BCUT2D eigenvalue weighted by molar-refractivity contribution is 0.667. The van der Waals surface area contributed by atoms with Crippen LogP contribution in [0.5, 0.6) is 0 Å². The maximum atomic E-state index is 9.81. The van der Waals surface area contributed by atoms with Crippen molar-refractivity contribution < 1.29 is 4.42 Å². The van der Waals surface area contributed by atoms with Crippen LogP contribution < -0.4 is 0 Å². The zero-order chi connectivity index (χ0) is 31.1. The maximum absolute atomic E-state index is 9.81. The Morgan fingerprint density at radius 3 is 2.15 bits per heavy atom. The lowest BCUT2D eigenvalue weighted by Crippen LogP contribution is -1.94. The van der Waals surface area contributed by atoms with Crippen molar-refractivity contribution in [3.8, 4) is 34.0 Å². The Labute approximate surface area is 273 Å². The molecule has 0 saturated heterocycles. The van der Waals surface area contributed by atoms with Crippen LogP contribution >= 0.6 is 11.3 Å². The molecule has 0 saturated carbocycles. The summed E-state index contributed by atoms with van der Waals surface area (Å²) in [6.45, 7) is 0. The van der Waals surface area contributed by atoms with Crippen LogP contribution in [0.4, 0.5) is 0 Å². The highest BCUT2D eigenvalue weighted by molar-refractivity contribution is 7.25. The van der Waals surface area contributed by atoms with E-state index in [2.05, 4.69) is 138 Å². The Balaban J connectivity index is 1.32. The number of rotatable bonds is 3. The molecule has 0 radical (unpaired) electrons. The number of fused-ring (bicyclic) bond motifs is 9. The van der Waals surface area contributed by atoms with Crippen LogP contribution in [-0.4, -0.2) is 4.57 Å². The molecule has 3 aromatic heterocycles. The van der Waals surface area contributed by atoms with Gasteiger partial charge in [0.2, 0.25) is 0 Å². The molecule has 10 rings (SSSR count). The van der Waals surface area contributed by atoms with E-state index < -0.39 is 0 Å². The summed E-state index contributed by atoms with van der Waals surface area (Å²) in [6.07, 6.45) is 0. The molecule has 10 aromatic rings. The van der Waals surface area contributed by atoms with Gasteiger partial charge in [-0.2, -0.15) is 5.26 Å². The van der Waals surface area contributed by atoms with E-state index in [4.69, 9.17) is 4.42 Å². The number of thiophene rings is 1.